The van der Waals surface area contributed by atoms with Gasteiger partial charge in [-0.1, -0.05) is 12.1 Å². The van der Waals surface area contributed by atoms with Crippen LogP contribution in [0.2, 0.25) is 0 Å². The third-order valence-electron chi connectivity index (χ3n) is 1.52. The molecular weight excluding hydrogens is 186 g/mol. The molecule has 0 bridgehead atoms. The number of methoxy groups -OCH3 is 1. The number of rotatable bonds is 4. The second-order valence-electron chi connectivity index (χ2n) is 2.48. The van der Waals surface area contributed by atoms with Crippen LogP contribution in [0.3, 0.4) is 0 Å². The molecule has 0 spiro atoms. The Morgan fingerprint density at radius 2 is 2.38 bits per heavy atom. The first-order valence-corrected chi connectivity index (χ1v) is 4.64. The van der Waals surface area contributed by atoms with Crippen molar-refractivity contribution in [1.82, 2.24) is 4.98 Å². The molecule has 1 rings (SSSR count). The van der Waals surface area contributed by atoms with Crippen LogP contribution in [0.25, 0.3) is 6.08 Å². The molecule has 13 heavy (non-hydrogen) atoms. The predicted molar refractivity (Wildman–Crippen MR) is 55.2 cm³/mol. The normalized spacial score (nSPS) is 10.6. The Morgan fingerprint density at radius 3 is 3.08 bits per heavy atom. The van der Waals surface area contributed by atoms with Gasteiger partial charge in [0.15, 0.2) is 0 Å². The van der Waals surface area contributed by atoms with E-state index in [0.717, 1.165) is 12.1 Å². The van der Waals surface area contributed by atoms with E-state index in [2.05, 4.69) is 4.98 Å². The molecule has 0 aliphatic rings. The Balaban J connectivity index is 2.66. The highest BCUT2D eigenvalue weighted by atomic mass is 35.5. The minimum absolute atomic E-state index is 0.632. The van der Waals surface area contributed by atoms with Crippen molar-refractivity contribution in [1.29, 1.82) is 0 Å². The maximum atomic E-state index is 5.53. The van der Waals surface area contributed by atoms with Crippen molar-refractivity contribution >= 4 is 17.7 Å². The van der Waals surface area contributed by atoms with E-state index in [1.54, 1.807) is 7.11 Å². The van der Waals surface area contributed by atoms with Gasteiger partial charge in [-0.15, -0.1) is 11.6 Å². The zero-order valence-electron chi connectivity index (χ0n) is 7.53. The Morgan fingerprint density at radius 1 is 1.54 bits per heavy atom. The summed E-state index contributed by atoms with van der Waals surface area (Å²) >= 11 is 5.53. The van der Waals surface area contributed by atoms with Crippen LogP contribution < -0.4 is 4.74 Å². The van der Waals surface area contributed by atoms with E-state index in [0.29, 0.717) is 11.8 Å². The summed E-state index contributed by atoms with van der Waals surface area (Å²) in [4.78, 5) is 4.21. The number of nitrogens with zero attached hydrogens (tertiary/aromatic N) is 1. The highest BCUT2D eigenvalue weighted by Crippen LogP contribution is 2.08. The first-order chi connectivity index (χ1) is 6.36. The number of ether oxygens (including phenoxy) is 1. The molecule has 0 radical (unpaired) electrons. The fourth-order valence-electron chi connectivity index (χ4n) is 0.904. The van der Waals surface area contributed by atoms with Crippen LogP contribution in [0.5, 0.6) is 5.88 Å². The van der Waals surface area contributed by atoms with Crippen molar-refractivity contribution < 1.29 is 4.74 Å². The second-order valence-corrected chi connectivity index (χ2v) is 2.86. The summed E-state index contributed by atoms with van der Waals surface area (Å²) in [6.07, 6.45) is 4.79. The average Bonchev–Trinajstić information content (AvgIpc) is 2.19. The van der Waals surface area contributed by atoms with Gasteiger partial charge in [0.1, 0.15) is 0 Å². The molecule has 0 aromatic carbocycles. The quantitative estimate of drug-likeness (QED) is 0.693. The van der Waals surface area contributed by atoms with Gasteiger partial charge >= 0.3 is 0 Å². The number of alkyl halides is 1. The summed E-state index contributed by atoms with van der Waals surface area (Å²) < 4.78 is 4.99. The lowest BCUT2D eigenvalue weighted by atomic mass is 10.3. The molecule has 0 saturated heterocycles. The highest BCUT2D eigenvalue weighted by Gasteiger charge is 1.91. The lowest BCUT2D eigenvalue weighted by Crippen LogP contribution is -1.88. The molecular formula is C10H12ClNO. The topological polar surface area (TPSA) is 22.1 Å². The van der Waals surface area contributed by atoms with E-state index in [4.69, 9.17) is 16.3 Å². The van der Waals surface area contributed by atoms with Crippen LogP contribution in [0, 0.1) is 0 Å². The van der Waals surface area contributed by atoms with Gasteiger partial charge in [-0.25, -0.2) is 4.98 Å². The molecule has 0 saturated carbocycles. The van der Waals surface area contributed by atoms with Crippen LogP contribution >= 0.6 is 11.6 Å². The first-order valence-electron chi connectivity index (χ1n) is 4.10. The molecule has 70 valence electrons. The third kappa shape index (κ3) is 3.47. The molecule has 0 aliphatic carbocycles. The van der Waals surface area contributed by atoms with Crippen molar-refractivity contribution in [2.24, 2.45) is 0 Å². The molecule has 1 aromatic rings. The van der Waals surface area contributed by atoms with Crippen LogP contribution in [-0.2, 0) is 0 Å². The standard InChI is InChI=1S/C10H12ClNO/c1-13-10-7-4-6-9(12-10)5-2-3-8-11/h2,4-7H,3,8H2,1H3. The van der Waals surface area contributed by atoms with E-state index < -0.39 is 0 Å². The summed E-state index contributed by atoms with van der Waals surface area (Å²) in [6, 6.07) is 5.65. The van der Waals surface area contributed by atoms with E-state index in [1.165, 1.54) is 0 Å². The number of pyridine rings is 1. The lowest BCUT2D eigenvalue weighted by Gasteiger charge is -1.98. The summed E-state index contributed by atoms with van der Waals surface area (Å²) in [6.45, 7) is 0. The van der Waals surface area contributed by atoms with E-state index in [-0.39, 0.29) is 0 Å². The van der Waals surface area contributed by atoms with Gasteiger partial charge in [-0.3, -0.25) is 0 Å². The summed E-state index contributed by atoms with van der Waals surface area (Å²) in [5, 5.41) is 0. The van der Waals surface area contributed by atoms with Crippen molar-refractivity contribution in [2.45, 2.75) is 6.42 Å². The first kappa shape index (κ1) is 10.1. The Bertz CT molecular complexity index is 286. The fourth-order valence-corrected chi connectivity index (χ4v) is 1.03. The predicted octanol–water partition coefficient (Wildman–Crippen LogP) is 2.73. The van der Waals surface area contributed by atoms with E-state index in [9.17, 15) is 0 Å². The van der Waals surface area contributed by atoms with Crippen LogP contribution in [0.15, 0.2) is 24.3 Å². The largest absolute Gasteiger partial charge is 0.481 e. The summed E-state index contributed by atoms with van der Waals surface area (Å²) in [7, 11) is 1.61. The number of hydrogen-bond donors (Lipinski definition) is 0. The molecule has 0 N–H and O–H groups in total. The average molecular weight is 198 g/mol. The van der Waals surface area contributed by atoms with Crippen molar-refractivity contribution in [3.8, 4) is 5.88 Å². The minimum atomic E-state index is 0.632. The van der Waals surface area contributed by atoms with Crippen LogP contribution in [-0.4, -0.2) is 18.0 Å². The number of hydrogen-bond acceptors (Lipinski definition) is 2. The fraction of sp³-hybridized carbons (Fsp3) is 0.300. The van der Waals surface area contributed by atoms with Crippen molar-refractivity contribution in [3.05, 3.63) is 30.0 Å². The van der Waals surface area contributed by atoms with Gasteiger partial charge in [0.05, 0.1) is 12.8 Å². The van der Waals surface area contributed by atoms with Gasteiger partial charge < -0.3 is 4.74 Å². The maximum Gasteiger partial charge on any atom is 0.213 e. The Kier molecular flexibility index (Phi) is 4.33. The monoisotopic (exact) mass is 197 g/mol. The van der Waals surface area contributed by atoms with Gasteiger partial charge in [-0.05, 0) is 18.6 Å². The van der Waals surface area contributed by atoms with Crippen molar-refractivity contribution in [2.75, 3.05) is 13.0 Å². The number of aromatic nitrogens is 1. The van der Waals surface area contributed by atoms with Gasteiger partial charge in [-0.2, -0.15) is 0 Å². The van der Waals surface area contributed by atoms with E-state index in [1.807, 2.05) is 30.4 Å². The molecule has 1 heterocycles. The maximum absolute atomic E-state index is 5.53. The molecule has 2 nitrogen and oxygen atoms in total. The molecule has 0 atom stereocenters. The Hall–Kier alpha value is -1.02. The molecule has 3 heteroatoms. The molecule has 0 amide bonds. The third-order valence-corrected chi connectivity index (χ3v) is 1.74. The minimum Gasteiger partial charge on any atom is -0.481 e. The van der Waals surface area contributed by atoms with E-state index >= 15 is 0 Å². The van der Waals surface area contributed by atoms with Gasteiger partial charge in [0.2, 0.25) is 5.88 Å². The van der Waals surface area contributed by atoms with Gasteiger partial charge in [0.25, 0.3) is 0 Å². The lowest BCUT2D eigenvalue weighted by molar-refractivity contribution is 0.397. The number of allylic oxidation sites excluding steroid dienone is 1. The second kappa shape index (κ2) is 5.60. The van der Waals surface area contributed by atoms with Gasteiger partial charge in [0, 0.05) is 11.9 Å². The number of halogens is 1. The van der Waals surface area contributed by atoms with Crippen LogP contribution in [0.4, 0.5) is 0 Å². The summed E-state index contributed by atoms with van der Waals surface area (Å²) in [5.74, 6) is 1.27. The smallest absolute Gasteiger partial charge is 0.213 e. The van der Waals surface area contributed by atoms with Crippen LogP contribution in [0.1, 0.15) is 12.1 Å². The molecule has 0 unspecified atom stereocenters. The van der Waals surface area contributed by atoms with Crippen molar-refractivity contribution in [3.63, 3.8) is 0 Å². The zero-order chi connectivity index (χ0) is 9.52. The molecule has 0 fully saturated rings. The molecule has 1 aromatic heterocycles. The zero-order valence-corrected chi connectivity index (χ0v) is 8.29. The molecule has 0 aliphatic heterocycles. The SMILES string of the molecule is COc1cccc(C=CCCCl)n1. The highest BCUT2D eigenvalue weighted by molar-refractivity contribution is 6.17. The summed E-state index contributed by atoms with van der Waals surface area (Å²) in [5.41, 5.74) is 0.893. The Labute approximate surface area is 83.2 Å².